The molecule has 0 radical (unpaired) electrons. The Balaban J connectivity index is 2.12. The average molecular weight is 305 g/mol. The third-order valence-corrected chi connectivity index (χ3v) is 3.84. The quantitative estimate of drug-likeness (QED) is 0.908. The van der Waals surface area contributed by atoms with E-state index in [1.807, 2.05) is 32.0 Å². The van der Waals surface area contributed by atoms with Crippen molar-refractivity contribution in [3.05, 3.63) is 35.1 Å². The molecular weight excluding hydrogens is 282 g/mol. The van der Waals surface area contributed by atoms with Gasteiger partial charge in [0, 0.05) is 0 Å². The second kappa shape index (κ2) is 7.20. The van der Waals surface area contributed by atoms with Gasteiger partial charge in [-0.05, 0) is 44.4 Å². The summed E-state index contributed by atoms with van der Waals surface area (Å²) in [5.41, 5.74) is 1.69. The van der Waals surface area contributed by atoms with Crippen molar-refractivity contribution in [3.63, 3.8) is 0 Å². The minimum absolute atomic E-state index is 0.0699. The topological polar surface area (TPSA) is 56.8 Å². The van der Waals surface area contributed by atoms with Gasteiger partial charge in [0.2, 0.25) is 0 Å². The Morgan fingerprint density at radius 3 is 2.64 bits per heavy atom. The van der Waals surface area contributed by atoms with Gasteiger partial charge < -0.3 is 19.5 Å². The van der Waals surface area contributed by atoms with Crippen molar-refractivity contribution < 1.29 is 19.0 Å². The molecule has 1 aliphatic heterocycles. The maximum atomic E-state index is 12.4. The largest absolute Gasteiger partial charge is 0.498 e. The van der Waals surface area contributed by atoms with Gasteiger partial charge in [-0.25, -0.2) is 0 Å². The number of ether oxygens (including phenoxy) is 3. The van der Waals surface area contributed by atoms with Crippen LogP contribution in [0.1, 0.15) is 38.3 Å². The molecule has 0 fully saturated rings. The molecule has 22 heavy (non-hydrogen) atoms. The monoisotopic (exact) mass is 305 g/mol. The molecule has 0 aliphatic carbocycles. The molecule has 1 amide bonds. The summed E-state index contributed by atoms with van der Waals surface area (Å²) in [6.07, 6.45) is 1.64. The van der Waals surface area contributed by atoms with E-state index >= 15 is 0 Å². The van der Waals surface area contributed by atoms with E-state index in [4.69, 9.17) is 14.2 Å². The Bertz CT molecular complexity index is 580. The van der Waals surface area contributed by atoms with Gasteiger partial charge in [-0.1, -0.05) is 6.07 Å². The van der Waals surface area contributed by atoms with Crippen LogP contribution in [0.5, 0.6) is 11.5 Å². The number of amides is 1. The highest BCUT2D eigenvalue weighted by Gasteiger charge is 2.20. The Morgan fingerprint density at radius 2 is 2.00 bits per heavy atom. The Hall–Kier alpha value is -2.17. The zero-order valence-corrected chi connectivity index (χ0v) is 13.6. The molecule has 1 aliphatic rings. The highest BCUT2D eigenvalue weighted by molar-refractivity contribution is 5.94. The third-order valence-electron chi connectivity index (χ3n) is 3.84. The summed E-state index contributed by atoms with van der Waals surface area (Å²) in [6, 6.07) is 5.51. The lowest BCUT2D eigenvalue weighted by Crippen LogP contribution is -2.30. The van der Waals surface area contributed by atoms with Crippen LogP contribution in [-0.2, 0) is 9.53 Å². The van der Waals surface area contributed by atoms with E-state index in [9.17, 15) is 4.79 Å². The van der Waals surface area contributed by atoms with Gasteiger partial charge in [0.15, 0.2) is 11.5 Å². The predicted octanol–water partition coefficient (Wildman–Crippen LogP) is 2.97. The van der Waals surface area contributed by atoms with Gasteiger partial charge in [-0.15, -0.1) is 0 Å². The Labute approximate surface area is 131 Å². The molecule has 0 bridgehead atoms. The SMILES string of the molecule is COc1ccc(C(C)NC(=O)C2=C(C)OCCC2)cc1OC. The average Bonchev–Trinajstić information content (AvgIpc) is 2.54. The third kappa shape index (κ3) is 3.53. The molecule has 1 atom stereocenters. The van der Waals surface area contributed by atoms with E-state index in [-0.39, 0.29) is 11.9 Å². The molecule has 1 heterocycles. The number of hydrogen-bond donors (Lipinski definition) is 1. The fraction of sp³-hybridized carbons (Fsp3) is 0.471. The standard InChI is InChI=1S/C17H23NO4/c1-11(13-7-8-15(20-3)16(10-13)21-4)18-17(19)14-6-5-9-22-12(14)2/h7-8,10-11H,5-6,9H2,1-4H3,(H,18,19). The second-order valence-electron chi connectivity index (χ2n) is 5.30. The molecule has 0 spiro atoms. The van der Waals surface area contributed by atoms with Crippen LogP contribution in [0, 0.1) is 0 Å². The highest BCUT2D eigenvalue weighted by atomic mass is 16.5. The van der Waals surface area contributed by atoms with E-state index in [0.29, 0.717) is 18.1 Å². The van der Waals surface area contributed by atoms with Gasteiger partial charge >= 0.3 is 0 Å². The number of methoxy groups -OCH3 is 2. The van der Waals surface area contributed by atoms with Gasteiger partial charge in [0.05, 0.1) is 32.4 Å². The van der Waals surface area contributed by atoms with E-state index in [2.05, 4.69) is 5.32 Å². The summed E-state index contributed by atoms with van der Waals surface area (Å²) in [5, 5.41) is 3.01. The van der Waals surface area contributed by atoms with Crippen LogP contribution in [0.15, 0.2) is 29.5 Å². The van der Waals surface area contributed by atoms with Crippen LogP contribution in [0.2, 0.25) is 0 Å². The summed E-state index contributed by atoms with van der Waals surface area (Å²) in [7, 11) is 3.19. The summed E-state index contributed by atoms with van der Waals surface area (Å²) in [5.74, 6) is 1.98. The maximum absolute atomic E-state index is 12.4. The fourth-order valence-corrected chi connectivity index (χ4v) is 2.50. The number of nitrogens with one attached hydrogen (secondary N) is 1. The van der Waals surface area contributed by atoms with Gasteiger partial charge in [0.1, 0.15) is 5.76 Å². The van der Waals surface area contributed by atoms with Crippen molar-refractivity contribution in [2.24, 2.45) is 0 Å². The van der Waals surface area contributed by atoms with E-state index in [1.54, 1.807) is 14.2 Å². The van der Waals surface area contributed by atoms with Gasteiger partial charge in [-0.3, -0.25) is 4.79 Å². The minimum atomic E-state index is -0.130. The maximum Gasteiger partial charge on any atom is 0.251 e. The van der Waals surface area contributed by atoms with Crippen molar-refractivity contribution in [3.8, 4) is 11.5 Å². The second-order valence-corrected chi connectivity index (χ2v) is 5.30. The predicted molar refractivity (Wildman–Crippen MR) is 84.0 cm³/mol. The number of rotatable bonds is 5. The number of benzene rings is 1. The number of carbonyl (C=O) groups excluding carboxylic acids is 1. The first kappa shape index (κ1) is 16.2. The molecule has 2 rings (SSSR count). The van der Waals surface area contributed by atoms with Crippen molar-refractivity contribution >= 4 is 5.91 Å². The normalized spacial score (nSPS) is 15.8. The zero-order valence-electron chi connectivity index (χ0n) is 13.6. The smallest absolute Gasteiger partial charge is 0.251 e. The van der Waals surface area contributed by atoms with Crippen LogP contribution in [0.25, 0.3) is 0 Å². The first-order valence-corrected chi connectivity index (χ1v) is 7.42. The number of allylic oxidation sites excluding steroid dienone is 1. The van der Waals surface area contributed by atoms with Crippen molar-refractivity contribution in [2.75, 3.05) is 20.8 Å². The highest BCUT2D eigenvalue weighted by Crippen LogP contribution is 2.30. The van der Waals surface area contributed by atoms with E-state index < -0.39 is 0 Å². The molecule has 1 N–H and O–H groups in total. The molecule has 120 valence electrons. The van der Waals surface area contributed by atoms with Crippen molar-refractivity contribution in [1.82, 2.24) is 5.32 Å². The molecule has 5 nitrogen and oxygen atoms in total. The lowest BCUT2D eigenvalue weighted by molar-refractivity contribution is -0.118. The summed E-state index contributed by atoms with van der Waals surface area (Å²) >= 11 is 0. The van der Waals surface area contributed by atoms with Crippen LogP contribution in [0.4, 0.5) is 0 Å². The van der Waals surface area contributed by atoms with Crippen LogP contribution in [-0.4, -0.2) is 26.7 Å². The van der Waals surface area contributed by atoms with Gasteiger partial charge in [-0.2, -0.15) is 0 Å². The minimum Gasteiger partial charge on any atom is -0.498 e. The molecule has 5 heteroatoms. The molecular formula is C17H23NO4. The number of carbonyl (C=O) groups is 1. The first-order valence-electron chi connectivity index (χ1n) is 7.42. The van der Waals surface area contributed by atoms with Crippen molar-refractivity contribution in [2.45, 2.75) is 32.7 Å². The Kier molecular flexibility index (Phi) is 5.31. The van der Waals surface area contributed by atoms with E-state index in [1.165, 1.54) is 0 Å². The molecule has 0 saturated carbocycles. The lowest BCUT2D eigenvalue weighted by atomic mass is 10.0. The molecule has 0 aromatic heterocycles. The molecule has 1 aromatic carbocycles. The van der Waals surface area contributed by atoms with Crippen molar-refractivity contribution in [1.29, 1.82) is 0 Å². The molecule has 1 aromatic rings. The van der Waals surface area contributed by atoms with Crippen LogP contribution < -0.4 is 14.8 Å². The Morgan fingerprint density at radius 1 is 1.27 bits per heavy atom. The number of hydrogen-bond acceptors (Lipinski definition) is 4. The first-order chi connectivity index (χ1) is 10.6. The van der Waals surface area contributed by atoms with E-state index in [0.717, 1.165) is 29.7 Å². The lowest BCUT2D eigenvalue weighted by Gasteiger charge is -2.21. The molecule has 0 saturated heterocycles. The fourth-order valence-electron chi connectivity index (χ4n) is 2.50. The summed E-state index contributed by atoms with van der Waals surface area (Å²) < 4.78 is 16.0. The van der Waals surface area contributed by atoms with Crippen LogP contribution in [0.3, 0.4) is 0 Å². The summed E-state index contributed by atoms with van der Waals surface area (Å²) in [6.45, 7) is 4.47. The zero-order chi connectivity index (χ0) is 16.1. The molecule has 1 unspecified atom stereocenters. The van der Waals surface area contributed by atoms with Gasteiger partial charge in [0.25, 0.3) is 5.91 Å². The van der Waals surface area contributed by atoms with Crippen LogP contribution >= 0.6 is 0 Å². The summed E-state index contributed by atoms with van der Waals surface area (Å²) in [4.78, 5) is 12.4.